The minimum Gasteiger partial charge on any atom is -0.375 e. The first-order valence-electron chi connectivity index (χ1n) is 12.4. The highest BCUT2D eigenvalue weighted by atomic mass is 19.3. The number of halogens is 2. The fraction of sp³-hybridized carbons (Fsp3) is 0.600. The quantitative estimate of drug-likeness (QED) is 0.0936. The maximum absolute atomic E-state index is 14.5. The second-order valence-corrected chi connectivity index (χ2v) is 8.98. The summed E-state index contributed by atoms with van der Waals surface area (Å²) in [5.74, 6) is -0.654. The molecule has 1 aliphatic heterocycles. The summed E-state index contributed by atoms with van der Waals surface area (Å²) in [5, 5.41) is 11.6. The van der Waals surface area contributed by atoms with E-state index in [9.17, 15) is 23.2 Å². The van der Waals surface area contributed by atoms with Gasteiger partial charge in [-0.2, -0.15) is 13.9 Å². The highest BCUT2D eigenvalue weighted by molar-refractivity contribution is 5.96. The number of hydrogen-bond donors (Lipinski definition) is 4. The molecule has 11 heteroatoms. The van der Waals surface area contributed by atoms with Gasteiger partial charge in [-0.25, -0.2) is 0 Å². The van der Waals surface area contributed by atoms with E-state index in [1.54, 1.807) is 14.0 Å². The van der Waals surface area contributed by atoms with Gasteiger partial charge in [-0.1, -0.05) is 37.3 Å². The lowest BCUT2D eigenvalue weighted by molar-refractivity contribution is -0.149. The zero-order chi connectivity index (χ0) is 26.6. The van der Waals surface area contributed by atoms with Gasteiger partial charge in [-0.3, -0.25) is 14.4 Å². The summed E-state index contributed by atoms with van der Waals surface area (Å²) < 4.78 is 28.9. The number of carbonyl (C=O) groups is 3. The number of alkyl halides is 2. The Morgan fingerprint density at radius 1 is 1.25 bits per heavy atom. The van der Waals surface area contributed by atoms with Crippen LogP contribution in [0.3, 0.4) is 0 Å². The van der Waals surface area contributed by atoms with E-state index in [-0.39, 0.29) is 18.7 Å². The number of benzene rings is 1. The molecule has 9 nitrogen and oxygen atoms in total. The normalized spacial score (nSPS) is 17.7. The molecule has 0 aliphatic carbocycles. The molecule has 0 bridgehead atoms. The third-order valence-electron chi connectivity index (χ3n) is 6.30. The van der Waals surface area contributed by atoms with Crippen molar-refractivity contribution in [2.75, 3.05) is 20.1 Å². The number of nitrogens with two attached hydrogens (primary N) is 1. The zero-order valence-electron chi connectivity index (χ0n) is 21.0. The molecular weight excluding hydrogens is 470 g/mol. The molecular formula is C25H38F2N6O3. The molecule has 1 aliphatic rings. The summed E-state index contributed by atoms with van der Waals surface area (Å²) in [7, 11) is 1.69. The predicted octanol–water partition coefficient (Wildman–Crippen LogP) is 1.57. The van der Waals surface area contributed by atoms with Crippen molar-refractivity contribution in [1.29, 1.82) is 0 Å². The Bertz CT molecular complexity index is 884. The fourth-order valence-electron chi connectivity index (χ4n) is 4.42. The number of nitrogens with zero attached hydrogens (tertiary/aromatic N) is 2. The van der Waals surface area contributed by atoms with Crippen LogP contribution in [0.5, 0.6) is 0 Å². The molecule has 1 aromatic carbocycles. The van der Waals surface area contributed by atoms with Crippen molar-refractivity contribution in [2.45, 2.75) is 75.9 Å². The van der Waals surface area contributed by atoms with Crippen molar-refractivity contribution in [3.63, 3.8) is 0 Å². The molecule has 0 saturated carbocycles. The lowest BCUT2D eigenvalue weighted by Crippen LogP contribution is -2.56. The Balaban J connectivity index is 2.11. The molecule has 0 spiro atoms. The maximum atomic E-state index is 14.5. The second kappa shape index (κ2) is 14.5. The van der Waals surface area contributed by atoms with Crippen LogP contribution in [0.4, 0.5) is 8.78 Å². The highest BCUT2D eigenvalue weighted by Gasteiger charge is 2.44. The van der Waals surface area contributed by atoms with Crippen molar-refractivity contribution < 1.29 is 23.2 Å². The van der Waals surface area contributed by atoms with Gasteiger partial charge in [0.1, 0.15) is 12.4 Å². The van der Waals surface area contributed by atoms with Crippen molar-refractivity contribution in [3.05, 3.63) is 35.9 Å². The average molecular weight is 509 g/mol. The van der Waals surface area contributed by atoms with E-state index in [1.165, 1.54) is 11.2 Å². The minimum atomic E-state index is -3.54. The predicted molar refractivity (Wildman–Crippen MR) is 134 cm³/mol. The summed E-state index contributed by atoms with van der Waals surface area (Å²) in [5.41, 5.74) is 0.975. The van der Waals surface area contributed by atoms with E-state index in [4.69, 9.17) is 5.84 Å². The van der Waals surface area contributed by atoms with Crippen LogP contribution in [-0.2, 0) is 20.8 Å². The van der Waals surface area contributed by atoms with E-state index in [0.29, 0.717) is 38.8 Å². The zero-order valence-corrected chi connectivity index (χ0v) is 21.0. The fourth-order valence-corrected chi connectivity index (χ4v) is 4.42. The smallest absolute Gasteiger partial charge is 0.307 e. The Hall–Kier alpha value is -3.08. The Kier molecular flexibility index (Phi) is 11.7. The van der Waals surface area contributed by atoms with Crippen molar-refractivity contribution in [2.24, 2.45) is 10.9 Å². The van der Waals surface area contributed by atoms with Gasteiger partial charge in [0.25, 0.3) is 0 Å². The van der Waals surface area contributed by atoms with Gasteiger partial charge in [-0.05, 0) is 51.1 Å². The van der Waals surface area contributed by atoms with E-state index < -0.39 is 42.2 Å². The first-order valence-corrected chi connectivity index (χ1v) is 12.4. The third kappa shape index (κ3) is 8.25. The summed E-state index contributed by atoms with van der Waals surface area (Å²) in [4.78, 5) is 40.7. The maximum Gasteiger partial charge on any atom is 0.307 e. The van der Waals surface area contributed by atoms with Crippen molar-refractivity contribution in [1.82, 2.24) is 20.9 Å². The van der Waals surface area contributed by atoms with Gasteiger partial charge < -0.3 is 26.7 Å². The van der Waals surface area contributed by atoms with Crippen LogP contribution < -0.4 is 21.8 Å². The molecule has 200 valence electrons. The van der Waals surface area contributed by atoms with Crippen molar-refractivity contribution in [3.8, 4) is 0 Å². The first-order chi connectivity index (χ1) is 17.2. The number of rotatable bonds is 15. The minimum absolute atomic E-state index is 0.0170. The van der Waals surface area contributed by atoms with Crippen LogP contribution in [0.25, 0.3) is 0 Å². The molecule has 1 aromatic rings. The summed E-state index contributed by atoms with van der Waals surface area (Å²) in [6, 6.07) is 6.80. The third-order valence-corrected chi connectivity index (χ3v) is 6.30. The van der Waals surface area contributed by atoms with Crippen molar-refractivity contribution >= 4 is 23.9 Å². The number of carbonyl (C=O) groups excluding carboxylic acids is 3. The Labute approximate surface area is 211 Å². The van der Waals surface area contributed by atoms with E-state index in [1.807, 2.05) is 30.3 Å². The summed E-state index contributed by atoms with van der Waals surface area (Å²) in [6.07, 6.45) is 2.61. The van der Waals surface area contributed by atoms with Gasteiger partial charge in [0.15, 0.2) is 0 Å². The molecule has 2 rings (SSSR count). The van der Waals surface area contributed by atoms with E-state index >= 15 is 0 Å². The number of likely N-dealkylation sites (tertiary alicyclic amines) is 1. The Morgan fingerprint density at radius 2 is 1.97 bits per heavy atom. The van der Waals surface area contributed by atoms with E-state index in [2.05, 4.69) is 21.1 Å². The van der Waals surface area contributed by atoms with Gasteiger partial charge >= 0.3 is 5.92 Å². The molecule has 0 aromatic heterocycles. The highest BCUT2D eigenvalue weighted by Crippen LogP contribution is 2.25. The largest absolute Gasteiger partial charge is 0.375 e. The molecule has 5 N–H and O–H groups in total. The number of Topliss-reactive ketones (excluding diaryl/α,β-unsaturated/α-hetero) is 1. The molecule has 1 unspecified atom stereocenters. The van der Waals surface area contributed by atoms with Gasteiger partial charge in [0, 0.05) is 19.5 Å². The monoisotopic (exact) mass is 508 g/mol. The number of hydrogen-bond acceptors (Lipinski definition) is 6. The number of hydrazone groups is 1. The van der Waals surface area contributed by atoms with Crippen LogP contribution in [0.2, 0.25) is 0 Å². The average Bonchev–Trinajstić information content (AvgIpc) is 3.36. The summed E-state index contributed by atoms with van der Waals surface area (Å²) in [6.45, 7) is 2.30. The van der Waals surface area contributed by atoms with Gasteiger partial charge in [0.05, 0.1) is 12.1 Å². The molecule has 0 radical (unpaired) electrons. The molecule has 1 heterocycles. The van der Waals surface area contributed by atoms with Crippen LogP contribution >= 0.6 is 0 Å². The summed E-state index contributed by atoms with van der Waals surface area (Å²) >= 11 is 0. The second-order valence-electron chi connectivity index (χ2n) is 8.98. The molecule has 1 saturated heterocycles. The lowest BCUT2D eigenvalue weighted by Gasteiger charge is -2.30. The lowest BCUT2D eigenvalue weighted by atomic mass is 9.98. The van der Waals surface area contributed by atoms with E-state index in [0.717, 1.165) is 5.56 Å². The SMILES string of the molecule is CCCC(F)(F)C(=O)C(CCCNC=NN)NC(=O)[C@@H]1CCCN1C(=O)[C@@H](Cc1ccccc1)NC. The van der Waals surface area contributed by atoms with Gasteiger partial charge in [-0.15, -0.1) is 0 Å². The molecule has 3 atom stereocenters. The van der Waals surface area contributed by atoms with Crippen LogP contribution in [-0.4, -0.2) is 73.0 Å². The molecule has 36 heavy (non-hydrogen) atoms. The number of nitrogens with one attached hydrogen (secondary N) is 3. The first kappa shape index (κ1) is 29.2. The molecule has 2 amide bonds. The number of amides is 2. The number of likely N-dealkylation sites (N-methyl/N-ethyl adjacent to an activating group) is 1. The van der Waals surface area contributed by atoms with Crippen LogP contribution in [0.1, 0.15) is 51.0 Å². The van der Waals surface area contributed by atoms with Gasteiger partial charge in [0.2, 0.25) is 17.6 Å². The van der Waals surface area contributed by atoms with Crippen LogP contribution in [0.15, 0.2) is 35.4 Å². The standard InChI is InChI=1S/C25H38F2N6O3/c1-3-13-25(26,27)22(34)19(11-7-14-30-17-31-28)32-23(35)21-12-8-15-33(21)24(36)20(29-2)16-18-9-5-4-6-10-18/h4-6,9-10,17,19-21,29H,3,7-8,11-16,28H2,1-2H3,(H,30,31)(H,32,35)/t19?,20-,21+/m1/s1. The topological polar surface area (TPSA) is 129 Å². The number of ketones is 1. The molecule has 1 fully saturated rings. The Morgan fingerprint density at radius 3 is 2.61 bits per heavy atom. The van der Waals surface area contributed by atoms with Crippen LogP contribution in [0, 0.1) is 0 Å².